The first kappa shape index (κ1) is 16.7. The van der Waals surface area contributed by atoms with Gasteiger partial charge in [0.25, 0.3) is 10.0 Å². The second-order valence-electron chi connectivity index (χ2n) is 4.63. The third-order valence-corrected chi connectivity index (χ3v) is 4.36. The highest BCUT2D eigenvalue weighted by Gasteiger charge is 2.13. The molecule has 0 heterocycles. The highest BCUT2D eigenvalue weighted by Crippen LogP contribution is 2.17. The Hall–Kier alpha value is -2.67. The molecule has 2 N–H and O–H groups in total. The van der Waals surface area contributed by atoms with Crippen molar-refractivity contribution in [2.45, 2.75) is 4.90 Å². The molecule has 0 radical (unpaired) electrons. The number of nitrogens with one attached hydrogen (secondary N) is 2. The van der Waals surface area contributed by atoms with E-state index < -0.39 is 15.8 Å². The zero-order valence-corrected chi connectivity index (χ0v) is 13.1. The first-order valence-corrected chi connectivity index (χ1v) is 8.17. The van der Waals surface area contributed by atoms with Gasteiger partial charge in [0.05, 0.1) is 4.90 Å². The molecule has 2 aromatic rings. The Bertz CT molecular complexity index is 813. The molecule has 0 spiro atoms. The van der Waals surface area contributed by atoms with E-state index in [1.807, 2.05) is 0 Å². The maximum Gasteiger partial charge on any atom is 0.261 e. The van der Waals surface area contributed by atoms with Crippen molar-refractivity contribution >= 4 is 27.7 Å². The highest BCUT2D eigenvalue weighted by molar-refractivity contribution is 7.92. The van der Waals surface area contributed by atoms with Crippen molar-refractivity contribution in [1.29, 1.82) is 0 Å². The molecule has 0 aliphatic heterocycles. The smallest absolute Gasteiger partial charge is 0.261 e. The Morgan fingerprint density at radius 3 is 2.22 bits per heavy atom. The molecule has 0 aliphatic carbocycles. The fraction of sp³-hybridized carbons (Fsp3) is 0.0625. The Balaban J connectivity index is 2.15. The van der Waals surface area contributed by atoms with Gasteiger partial charge in [-0.25, -0.2) is 12.8 Å². The predicted octanol–water partition coefficient (Wildman–Crippen LogP) is 2.39. The third-order valence-electron chi connectivity index (χ3n) is 2.96. The number of anilines is 1. The van der Waals surface area contributed by atoms with Crippen molar-refractivity contribution < 1.29 is 17.6 Å². The lowest BCUT2D eigenvalue weighted by Crippen LogP contribution is -2.14. The van der Waals surface area contributed by atoms with Gasteiger partial charge in [-0.15, -0.1) is 0 Å². The molecule has 23 heavy (non-hydrogen) atoms. The van der Waals surface area contributed by atoms with Crippen LogP contribution in [0.15, 0.2) is 59.5 Å². The molecule has 1 amide bonds. The van der Waals surface area contributed by atoms with E-state index in [1.165, 1.54) is 49.5 Å². The lowest BCUT2D eigenvalue weighted by molar-refractivity contribution is -0.115. The van der Waals surface area contributed by atoms with E-state index in [0.717, 1.165) is 0 Å². The van der Waals surface area contributed by atoms with Crippen molar-refractivity contribution in [3.05, 3.63) is 66.0 Å². The van der Waals surface area contributed by atoms with E-state index in [4.69, 9.17) is 0 Å². The normalized spacial score (nSPS) is 11.4. The van der Waals surface area contributed by atoms with Crippen molar-refractivity contribution in [1.82, 2.24) is 5.32 Å². The van der Waals surface area contributed by atoms with Gasteiger partial charge in [0.15, 0.2) is 0 Å². The van der Waals surface area contributed by atoms with Crippen LogP contribution in [0.25, 0.3) is 6.08 Å². The minimum absolute atomic E-state index is 0.0684. The molecule has 0 atom stereocenters. The number of hydrogen-bond acceptors (Lipinski definition) is 3. The number of benzene rings is 2. The van der Waals surface area contributed by atoms with Gasteiger partial charge in [-0.3, -0.25) is 9.52 Å². The van der Waals surface area contributed by atoms with Crippen LogP contribution in [0.3, 0.4) is 0 Å². The van der Waals surface area contributed by atoms with E-state index in [9.17, 15) is 17.6 Å². The Morgan fingerprint density at radius 2 is 1.65 bits per heavy atom. The lowest BCUT2D eigenvalue weighted by Gasteiger charge is -2.08. The zero-order chi connectivity index (χ0) is 16.9. The molecule has 0 unspecified atom stereocenters. The molecular formula is C16H15FN2O3S. The third kappa shape index (κ3) is 4.65. The second-order valence-corrected chi connectivity index (χ2v) is 6.31. The molecule has 120 valence electrons. The number of hydrogen-bond donors (Lipinski definition) is 2. The van der Waals surface area contributed by atoms with Gasteiger partial charge in [-0.05, 0) is 48.0 Å². The molecule has 0 saturated heterocycles. The molecule has 7 heteroatoms. The molecular weight excluding hydrogens is 319 g/mol. The van der Waals surface area contributed by atoms with E-state index in [-0.39, 0.29) is 16.5 Å². The summed E-state index contributed by atoms with van der Waals surface area (Å²) in [6.07, 6.45) is 2.92. The summed E-state index contributed by atoms with van der Waals surface area (Å²) in [5.41, 5.74) is 0.962. The SMILES string of the molecule is CNC(=O)/C=C/c1ccc(S(=O)(=O)Nc2ccc(F)cc2)cc1. The number of rotatable bonds is 5. The van der Waals surface area contributed by atoms with Gasteiger partial charge < -0.3 is 5.32 Å². The van der Waals surface area contributed by atoms with Crippen LogP contribution in [0.4, 0.5) is 10.1 Å². The average Bonchev–Trinajstić information content (AvgIpc) is 2.55. The van der Waals surface area contributed by atoms with Crippen LogP contribution < -0.4 is 10.0 Å². The van der Waals surface area contributed by atoms with Gasteiger partial charge in [-0.2, -0.15) is 0 Å². The summed E-state index contributed by atoms with van der Waals surface area (Å²) in [4.78, 5) is 11.2. The number of carbonyl (C=O) groups excluding carboxylic acids is 1. The summed E-state index contributed by atoms with van der Waals surface area (Å²) in [6, 6.07) is 11.0. The molecule has 0 saturated carbocycles. The van der Waals surface area contributed by atoms with Crippen molar-refractivity contribution in [3.8, 4) is 0 Å². The number of halogens is 1. The van der Waals surface area contributed by atoms with Gasteiger partial charge >= 0.3 is 0 Å². The molecule has 0 bridgehead atoms. The molecule has 0 fully saturated rings. The van der Waals surface area contributed by atoms with Gasteiger partial charge in [0, 0.05) is 18.8 Å². The highest BCUT2D eigenvalue weighted by atomic mass is 32.2. The quantitative estimate of drug-likeness (QED) is 0.825. The van der Waals surface area contributed by atoms with Gasteiger partial charge in [0.2, 0.25) is 5.91 Å². The van der Waals surface area contributed by atoms with Crippen molar-refractivity contribution in [3.63, 3.8) is 0 Å². The minimum Gasteiger partial charge on any atom is -0.356 e. The van der Waals surface area contributed by atoms with Crippen LogP contribution in [-0.2, 0) is 14.8 Å². The number of carbonyl (C=O) groups is 1. The van der Waals surface area contributed by atoms with E-state index in [0.29, 0.717) is 5.56 Å². The fourth-order valence-corrected chi connectivity index (χ4v) is 2.80. The summed E-state index contributed by atoms with van der Waals surface area (Å²) in [5.74, 6) is -0.695. The average molecular weight is 334 g/mol. The molecule has 0 aliphatic rings. The number of sulfonamides is 1. The van der Waals surface area contributed by atoms with Crippen LogP contribution in [0.5, 0.6) is 0 Å². The summed E-state index contributed by atoms with van der Waals surface area (Å²) >= 11 is 0. The van der Waals surface area contributed by atoms with E-state index in [1.54, 1.807) is 18.2 Å². The maximum atomic E-state index is 12.8. The Labute approximate surface area is 133 Å². The van der Waals surface area contributed by atoms with Crippen LogP contribution in [0.2, 0.25) is 0 Å². The standard InChI is InChI=1S/C16H15FN2O3S/c1-18-16(20)11-4-12-2-9-15(10-3-12)23(21,22)19-14-7-5-13(17)6-8-14/h2-11,19H,1H3,(H,18,20)/b11-4+. The predicted molar refractivity (Wildman–Crippen MR) is 86.8 cm³/mol. The summed E-state index contributed by atoms with van der Waals surface area (Å²) in [6.45, 7) is 0. The summed E-state index contributed by atoms with van der Waals surface area (Å²) in [7, 11) is -2.24. The molecule has 2 rings (SSSR count). The molecule has 5 nitrogen and oxygen atoms in total. The van der Waals surface area contributed by atoms with E-state index in [2.05, 4.69) is 10.0 Å². The monoisotopic (exact) mass is 334 g/mol. The maximum absolute atomic E-state index is 12.8. The zero-order valence-electron chi connectivity index (χ0n) is 12.3. The number of amides is 1. The van der Waals surface area contributed by atoms with Crippen LogP contribution in [0.1, 0.15) is 5.56 Å². The van der Waals surface area contributed by atoms with Crippen LogP contribution in [0, 0.1) is 5.82 Å². The van der Waals surface area contributed by atoms with Crippen molar-refractivity contribution in [2.75, 3.05) is 11.8 Å². The van der Waals surface area contributed by atoms with Crippen LogP contribution >= 0.6 is 0 Å². The topological polar surface area (TPSA) is 75.3 Å². The Kier molecular flexibility index (Phi) is 5.13. The second kappa shape index (κ2) is 7.06. The van der Waals surface area contributed by atoms with Gasteiger partial charge in [0.1, 0.15) is 5.82 Å². The first-order valence-electron chi connectivity index (χ1n) is 6.69. The Morgan fingerprint density at radius 1 is 1.04 bits per heavy atom. The number of likely N-dealkylation sites (N-methyl/N-ethyl adjacent to an activating group) is 1. The lowest BCUT2D eigenvalue weighted by atomic mass is 10.2. The fourth-order valence-electron chi connectivity index (χ4n) is 1.75. The van der Waals surface area contributed by atoms with Crippen molar-refractivity contribution in [2.24, 2.45) is 0 Å². The summed E-state index contributed by atoms with van der Waals surface area (Å²) < 4.78 is 39.6. The minimum atomic E-state index is -3.75. The van der Waals surface area contributed by atoms with E-state index >= 15 is 0 Å². The molecule has 2 aromatic carbocycles. The van der Waals surface area contributed by atoms with Gasteiger partial charge in [-0.1, -0.05) is 12.1 Å². The first-order chi connectivity index (χ1) is 10.9. The van der Waals surface area contributed by atoms with Crippen LogP contribution in [-0.4, -0.2) is 21.4 Å². The largest absolute Gasteiger partial charge is 0.356 e. The molecule has 0 aromatic heterocycles. The summed E-state index contributed by atoms with van der Waals surface area (Å²) in [5, 5.41) is 2.44.